The van der Waals surface area contributed by atoms with E-state index in [4.69, 9.17) is 4.74 Å². The number of likely N-dealkylation sites (N-methyl/N-ethyl adjacent to an activating group) is 1. The maximum atomic E-state index is 13.7. The summed E-state index contributed by atoms with van der Waals surface area (Å²) in [6.45, 7) is 2.35. The topological polar surface area (TPSA) is 91.0 Å². The van der Waals surface area contributed by atoms with Crippen molar-refractivity contribution in [3.05, 3.63) is 59.9 Å². The standard InChI is InChI=1S/C26H31FN4O4/c1-3-21(28-2)25(33)29-22-13-14-24(32)30-15-5-8-23(31(30)26(22)34)17-6-4-7-20(16-17)35-19-11-9-18(27)10-12-19/h4,6-7,9-12,16,21-23,28H,3,5,8,13-15H2,1-2H3,(H,29,33)/t21?,22-,23-/m0/s1. The summed E-state index contributed by atoms with van der Waals surface area (Å²) in [5, 5.41) is 8.87. The number of carbonyl (C=O) groups excluding carboxylic acids is 3. The number of amides is 3. The van der Waals surface area contributed by atoms with Crippen molar-refractivity contribution in [1.29, 1.82) is 0 Å². The number of halogens is 1. The van der Waals surface area contributed by atoms with E-state index in [1.54, 1.807) is 25.2 Å². The molecule has 2 fully saturated rings. The first-order valence-corrected chi connectivity index (χ1v) is 12.1. The number of nitrogens with one attached hydrogen (secondary N) is 2. The Morgan fingerprint density at radius 2 is 1.91 bits per heavy atom. The predicted octanol–water partition coefficient (Wildman–Crippen LogP) is 3.30. The van der Waals surface area contributed by atoms with E-state index in [2.05, 4.69) is 10.6 Å². The quantitative estimate of drug-likeness (QED) is 0.632. The van der Waals surface area contributed by atoms with Gasteiger partial charge in [-0.05, 0) is 74.7 Å². The Balaban J connectivity index is 1.59. The Morgan fingerprint density at radius 1 is 1.14 bits per heavy atom. The third kappa shape index (κ3) is 5.45. The van der Waals surface area contributed by atoms with Crippen molar-refractivity contribution in [2.24, 2.45) is 0 Å². The van der Waals surface area contributed by atoms with Gasteiger partial charge in [-0.3, -0.25) is 19.4 Å². The van der Waals surface area contributed by atoms with E-state index in [1.807, 2.05) is 25.1 Å². The predicted molar refractivity (Wildman–Crippen MR) is 128 cm³/mol. The van der Waals surface area contributed by atoms with Gasteiger partial charge in [-0.25, -0.2) is 9.40 Å². The van der Waals surface area contributed by atoms with Gasteiger partial charge in [0.1, 0.15) is 23.4 Å². The zero-order valence-corrected chi connectivity index (χ0v) is 20.0. The average Bonchev–Trinajstić information content (AvgIpc) is 2.98. The molecule has 186 valence electrons. The van der Waals surface area contributed by atoms with Gasteiger partial charge in [-0.15, -0.1) is 0 Å². The van der Waals surface area contributed by atoms with Crippen LogP contribution in [-0.4, -0.2) is 53.4 Å². The Bertz CT molecular complexity index is 1070. The Labute approximate surface area is 204 Å². The van der Waals surface area contributed by atoms with E-state index in [0.717, 1.165) is 12.0 Å². The first-order valence-electron chi connectivity index (χ1n) is 12.1. The lowest BCUT2D eigenvalue weighted by atomic mass is 9.98. The number of ether oxygens (including phenoxy) is 1. The molecule has 3 atom stereocenters. The van der Waals surface area contributed by atoms with Crippen LogP contribution in [0.15, 0.2) is 48.5 Å². The number of hydrazine groups is 1. The normalized spacial score (nSPS) is 21.2. The lowest BCUT2D eigenvalue weighted by Crippen LogP contribution is -2.58. The molecule has 35 heavy (non-hydrogen) atoms. The third-order valence-electron chi connectivity index (χ3n) is 6.54. The van der Waals surface area contributed by atoms with Gasteiger partial charge < -0.3 is 15.4 Å². The van der Waals surface area contributed by atoms with Crippen molar-refractivity contribution in [2.45, 2.75) is 57.2 Å². The van der Waals surface area contributed by atoms with Crippen LogP contribution < -0.4 is 15.4 Å². The molecule has 9 heteroatoms. The highest BCUT2D eigenvalue weighted by Gasteiger charge is 2.42. The van der Waals surface area contributed by atoms with Gasteiger partial charge in [0.25, 0.3) is 5.91 Å². The highest BCUT2D eigenvalue weighted by Crippen LogP contribution is 2.36. The minimum Gasteiger partial charge on any atom is -0.457 e. The second kappa shape index (κ2) is 10.9. The second-order valence-electron chi connectivity index (χ2n) is 8.84. The number of carbonyl (C=O) groups is 3. The lowest BCUT2D eigenvalue weighted by Gasteiger charge is -2.44. The van der Waals surface area contributed by atoms with Crippen molar-refractivity contribution in [3.63, 3.8) is 0 Å². The van der Waals surface area contributed by atoms with Crippen molar-refractivity contribution in [1.82, 2.24) is 20.7 Å². The monoisotopic (exact) mass is 482 g/mol. The molecule has 2 aromatic rings. The van der Waals surface area contributed by atoms with Crippen molar-refractivity contribution < 1.29 is 23.5 Å². The van der Waals surface area contributed by atoms with E-state index in [-0.39, 0.29) is 42.4 Å². The van der Waals surface area contributed by atoms with Crippen LogP contribution in [0.1, 0.15) is 50.6 Å². The smallest absolute Gasteiger partial charge is 0.264 e. The van der Waals surface area contributed by atoms with Crippen LogP contribution in [0.25, 0.3) is 0 Å². The molecule has 0 saturated carbocycles. The lowest BCUT2D eigenvalue weighted by molar-refractivity contribution is -0.174. The van der Waals surface area contributed by atoms with Gasteiger partial charge in [-0.2, -0.15) is 0 Å². The van der Waals surface area contributed by atoms with Crippen molar-refractivity contribution >= 4 is 17.7 Å². The summed E-state index contributed by atoms with van der Waals surface area (Å²) < 4.78 is 19.1. The molecule has 0 bridgehead atoms. The number of hydrogen-bond acceptors (Lipinski definition) is 5. The molecule has 2 aliphatic heterocycles. The Morgan fingerprint density at radius 3 is 2.63 bits per heavy atom. The number of benzene rings is 2. The zero-order chi connectivity index (χ0) is 24.9. The van der Waals surface area contributed by atoms with E-state index in [9.17, 15) is 18.8 Å². The average molecular weight is 483 g/mol. The van der Waals surface area contributed by atoms with Crippen molar-refractivity contribution in [3.8, 4) is 11.5 Å². The number of nitrogens with zero attached hydrogens (tertiary/aromatic N) is 2. The summed E-state index contributed by atoms with van der Waals surface area (Å²) >= 11 is 0. The van der Waals surface area contributed by atoms with Gasteiger partial charge >= 0.3 is 0 Å². The number of hydrogen-bond donors (Lipinski definition) is 2. The number of rotatable bonds is 7. The first-order chi connectivity index (χ1) is 16.9. The molecule has 0 spiro atoms. The minimum absolute atomic E-state index is 0.126. The van der Waals surface area contributed by atoms with Gasteiger partial charge in [0.2, 0.25) is 11.8 Å². The van der Waals surface area contributed by atoms with Crippen LogP contribution in [-0.2, 0) is 14.4 Å². The molecule has 0 aliphatic carbocycles. The molecule has 3 amide bonds. The molecular formula is C26H31FN4O4. The molecule has 2 saturated heterocycles. The summed E-state index contributed by atoms with van der Waals surface area (Å²) in [5.41, 5.74) is 0.823. The van der Waals surface area contributed by atoms with Gasteiger partial charge in [-0.1, -0.05) is 19.1 Å². The second-order valence-corrected chi connectivity index (χ2v) is 8.84. The van der Waals surface area contributed by atoms with Crippen LogP contribution >= 0.6 is 0 Å². The largest absolute Gasteiger partial charge is 0.457 e. The molecular weight excluding hydrogens is 451 g/mol. The molecule has 1 unspecified atom stereocenters. The number of fused-ring (bicyclic) bond motifs is 1. The highest BCUT2D eigenvalue weighted by atomic mass is 19.1. The van der Waals surface area contributed by atoms with E-state index in [1.165, 1.54) is 22.2 Å². The van der Waals surface area contributed by atoms with Gasteiger partial charge in [0.05, 0.1) is 12.1 Å². The van der Waals surface area contributed by atoms with E-state index < -0.39 is 12.1 Å². The maximum Gasteiger partial charge on any atom is 0.264 e. The van der Waals surface area contributed by atoms with E-state index in [0.29, 0.717) is 30.9 Å². The van der Waals surface area contributed by atoms with Crippen molar-refractivity contribution in [2.75, 3.05) is 13.6 Å². The molecule has 8 nitrogen and oxygen atoms in total. The van der Waals surface area contributed by atoms with Crippen LogP contribution in [0.2, 0.25) is 0 Å². The minimum atomic E-state index is -0.780. The van der Waals surface area contributed by atoms with Crippen LogP contribution in [0.3, 0.4) is 0 Å². The fraction of sp³-hybridized carbons (Fsp3) is 0.423. The van der Waals surface area contributed by atoms with Crippen LogP contribution in [0.5, 0.6) is 11.5 Å². The zero-order valence-electron chi connectivity index (χ0n) is 20.0. The molecule has 4 rings (SSSR count). The maximum absolute atomic E-state index is 13.7. The third-order valence-corrected chi connectivity index (χ3v) is 6.54. The SMILES string of the molecule is CCC(NC)C(=O)N[C@H]1CCC(=O)N2CCC[C@@H](c3cccc(Oc4ccc(F)cc4)c3)N2C1=O. The van der Waals surface area contributed by atoms with Crippen LogP contribution in [0, 0.1) is 5.82 Å². The first kappa shape index (κ1) is 24.7. The summed E-state index contributed by atoms with van der Waals surface area (Å²) in [6, 6.07) is 11.5. The fourth-order valence-electron chi connectivity index (χ4n) is 4.69. The molecule has 0 radical (unpaired) electrons. The van der Waals surface area contributed by atoms with E-state index >= 15 is 0 Å². The van der Waals surface area contributed by atoms with Gasteiger partial charge in [0.15, 0.2) is 0 Å². The molecule has 2 aromatic carbocycles. The molecule has 2 N–H and O–H groups in total. The summed E-state index contributed by atoms with van der Waals surface area (Å²) in [4.78, 5) is 39.3. The molecule has 2 aliphatic rings. The Kier molecular flexibility index (Phi) is 7.65. The molecule has 0 aromatic heterocycles. The summed E-state index contributed by atoms with van der Waals surface area (Å²) in [6.07, 6.45) is 2.45. The Hall–Kier alpha value is -3.46. The summed E-state index contributed by atoms with van der Waals surface area (Å²) in [7, 11) is 1.70. The van der Waals surface area contributed by atoms with Crippen LogP contribution in [0.4, 0.5) is 4.39 Å². The summed E-state index contributed by atoms with van der Waals surface area (Å²) in [5.74, 6) is 0.0258. The van der Waals surface area contributed by atoms with Gasteiger partial charge in [0, 0.05) is 13.0 Å². The fourth-order valence-corrected chi connectivity index (χ4v) is 4.69. The highest BCUT2D eigenvalue weighted by molar-refractivity contribution is 5.93. The molecule has 2 heterocycles.